The predicted octanol–water partition coefficient (Wildman–Crippen LogP) is 3.00. The van der Waals surface area contributed by atoms with Gasteiger partial charge in [-0.3, -0.25) is 9.97 Å². The molecule has 0 atom stereocenters. The molecule has 3 rings (SSSR count). The van der Waals surface area contributed by atoms with Crippen LogP contribution in [0.5, 0.6) is 0 Å². The van der Waals surface area contributed by atoms with E-state index in [1.807, 2.05) is 46.0 Å². The van der Waals surface area contributed by atoms with Crippen molar-refractivity contribution in [3.63, 3.8) is 0 Å². The largest absolute Gasteiger partial charge is 0.444 e. The monoisotopic (exact) mass is 328 g/mol. The first kappa shape index (κ1) is 16.5. The number of rotatable bonds is 1. The highest BCUT2D eigenvalue weighted by atomic mass is 16.6. The molecular formula is C18H24N4O2. The maximum atomic E-state index is 12.1. The highest BCUT2D eigenvalue weighted by Gasteiger charge is 2.26. The zero-order valence-electron chi connectivity index (χ0n) is 14.7. The topological polar surface area (TPSA) is 58.6 Å². The lowest BCUT2D eigenvalue weighted by Crippen LogP contribution is -2.50. The Balaban J connectivity index is 1.67. The Kier molecular flexibility index (Phi) is 4.30. The van der Waals surface area contributed by atoms with Gasteiger partial charge in [-0.05, 0) is 45.9 Å². The van der Waals surface area contributed by atoms with E-state index in [2.05, 4.69) is 20.9 Å². The van der Waals surface area contributed by atoms with Crippen molar-refractivity contribution < 1.29 is 9.53 Å². The molecule has 1 amide bonds. The number of amides is 1. The van der Waals surface area contributed by atoms with E-state index in [1.54, 1.807) is 4.90 Å². The number of fused-ring (bicyclic) bond motifs is 1. The summed E-state index contributed by atoms with van der Waals surface area (Å²) in [6.07, 6.45) is 1.64. The molecule has 6 nitrogen and oxygen atoms in total. The second kappa shape index (κ2) is 6.26. The Morgan fingerprint density at radius 3 is 2.50 bits per heavy atom. The van der Waals surface area contributed by atoms with Gasteiger partial charge in [0.25, 0.3) is 0 Å². The van der Waals surface area contributed by atoms with E-state index in [0.29, 0.717) is 13.1 Å². The van der Waals surface area contributed by atoms with Gasteiger partial charge in [0.15, 0.2) is 0 Å². The lowest BCUT2D eigenvalue weighted by Gasteiger charge is -2.36. The van der Waals surface area contributed by atoms with Gasteiger partial charge in [0.05, 0.1) is 22.9 Å². The van der Waals surface area contributed by atoms with Crippen LogP contribution in [-0.4, -0.2) is 52.7 Å². The average molecular weight is 328 g/mol. The number of carbonyl (C=O) groups is 1. The summed E-state index contributed by atoms with van der Waals surface area (Å²) in [6.45, 7) is 10.5. The molecule has 128 valence electrons. The number of piperazine rings is 1. The third kappa shape index (κ3) is 3.75. The lowest BCUT2D eigenvalue weighted by molar-refractivity contribution is 0.0240. The summed E-state index contributed by atoms with van der Waals surface area (Å²) in [6, 6.07) is 6.02. The number of anilines is 1. The number of ether oxygens (including phenoxy) is 1. The van der Waals surface area contributed by atoms with Crippen LogP contribution in [0, 0.1) is 6.92 Å². The Bertz CT molecular complexity index is 746. The minimum absolute atomic E-state index is 0.240. The Hall–Kier alpha value is -2.37. The van der Waals surface area contributed by atoms with Crippen LogP contribution < -0.4 is 4.90 Å². The fourth-order valence-electron chi connectivity index (χ4n) is 2.74. The van der Waals surface area contributed by atoms with Crippen molar-refractivity contribution in [1.29, 1.82) is 0 Å². The van der Waals surface area contributed by atoms with E-state index in [1.165, 1.54) is 0 Å². The normalized spacial score (nSPS) is 15.7. The predicted molar refractivity (Wildman–Crippen MR) is 94.3 cm³/mol. The molecule has 0 spiro atoms. The molecule has 0 aliphatic carbocycles. The maximum absolute atomic E-state index is 12.1. The molecule has 1 aliphatic heterocycles. The summed E-state index contributed by atoms with van der Waals surface area (Å²) in [5.74, 6) is 0. The number of hydrogen-bond acceptors (Lipinski definition) is 5. The molecule has 0 unspecified atom stereocenters. The number of nitrogens with zero attached hydrogens (tertiary/aromatic N) is 4. The van der Waals surface area contributed by atoms with Gasteiger partial charge in [-0.25, -0.2) is 4.79 Å². The fourth-order valence-corrected chi connectivity index (χ4v) is 2.74. The van der Waals surface area contributed by atoms with Crippen molar-refractivity contribution >= 4 is 22.8 Å². The van der Waals surface area contributed by atoms with Gasteiger partial charge in [0.2, 0.25) is 0 Å². The minimum atomic E-state index is -0.458. The van der Waals surface area contributed by atoms with Gasteiger partial charge < -0.3 is 14.5 Å². The van der Waals surface area contributed by atoms with Crippen molar-refractivity contribution in [2.24, 2.45) is 0 Å². The highest BCUT2D eigenvalue weighted by molar-refractivity contribution is 5.78. The number of hydrogen-bond donors (Lipinski definition) is 0. The quantitative estimate of drug-likeness (QED) is 0.805. The summed E-state index contributed by atoms with van der Waals surface area (Å²) < 4.78 is 5.44. The molecule has 0 N–H and O–H groups in total. The van der Waals surface area contributed by atoms with Crippen molar-refractivity contribution in [3.8, 4) is 0 Å². The Morgan fingerprint density at radius 1 is 1.12 bits per heavy atom. The molecule has 0 saturated carbocycles. The smallest absolute Gasteiger partial charge is 0.410 e. The van der Waals surface area contributed by atoms with E-state index in [4.69, 9.17) is 4.74 Å². The third-order valence-electron chi connectivity index (χ3n) is 3.96. The third-order valence-corrected chi connectivity index (χ3v) is 3.96. The molecule has 3 heterocycles. The van der Waals surface area contributed by atoms with Gasteiger partial charge in [-0.1, -0.05) is 0 Å². The molecule has 0 aromatic carbocycles. The highest BCUT2D eigenvalue weighted by Crippen LogP contribution is 2.21. The van der Waals surface area contributed by atoms with E-state index in [0.717, 1.165) is 35.5 Å². The Morgan fingerprint density at radius 2 is 1.83 bits per heavy atom. The van der Waals surface area contributed by atoms with Crippen LogP contribution in [0.1, 0.15) is 26.5 Å². The molecule has 2 aromatic heterocycles. The number of pyridine rings is 2. The minimum Gasteiger partial charge on any atom is -0.444 e. The number of aryl methyl sites for hydroxylation is 1. The molecule has 2 aromatic rings. The van der Waals surface area contributed by atoms with Crippen molar-refractivity contribution in [2.75, 3.05) is 31.1 Å². The van der Waals surface area contributed by atoms with Crippen LogP contribution >= 0.6 is 0 Å². The van der Waals surface area contributed by atoms with Gasteiger partial charge in [0.1, 0.15) is 5.60 Å². The van der Waals surface area contributed by atoms with Crippen molar-refractivity contribution in [1.82, 2.24) is 14.9 Å². The van der Waals surface area contributed by atoms with Crippen LogP contribution in [0.4, 0.5) is 10.5 Å². The van der Waals surface area contributed by atoms with Crippen molar-refractivity contribution in [3.05, 3.63) is 30.1 Å². The van der Waals surface area contributed by atoms with Crippen LogP contribution in [0.25, 0.3) is 11.0 Å². The first-order chi connectivity index (χ1) is 11.3. The Labute approximate surface area is 142 Å². The SMILES string of the molecule is Cc1ccc2ncc(N3CCN(C(=O)OC(C)(C)C)CC3)cc2n1. The molecule has 1 fully saturated rings. The summed E-state index contributed by atoms with van der Waals surface area (Å²) in [5, 5.41) is 0. The summed E-state index contributed by atoms with van der Waals surface area (Å²) in [4.78, 5) is 25.2. The van der Waals surface area contributed by atoms with Gasteiger partial charge in [-0.2, -0.15) is 0 Å². The molecule has 0 bridgehead atoms. The van der Waals surface area contributed by atoms with Crippen LogP contribution in [0.15, 0.2) is 24.4 Å². The molecule has 1 aliphatic rings. The van der Waals surface area contributed by atoms with E-state index < -0.39 is 5.60 Å². The number of carbonyl (C=O) groups excluding carboxylic acids is 1. The first-order valence-electron chi connectivity index (χ1n) is 8.28. The molecule has 6 heteroatoms. The first-order valence-corrected chi connectivity index (χ1v) is 8.28. The summed E-state index contributed by atoms with van der Waals surface area (Å²) in [7, 11) is 0. The molecular weight excluding hydrogens is 304 g/mol. The van der Waals surface area contributed by atoms with Crippen LogP contribution in [0.2, 0.25) is 0 Å². The molecule has 0 radical (unpaired) electrons. The van der Waals surface area contributed by atoms with E-state index in [9.17, 15) is 4.79 Å². The number of aromatic nitrogens is 2. The average Bonchev–Trinajstić information content (AvgIpc) is 2.52. The van der Waals surface area contributed by atoms with Gasteiger partial charge in [0, 0.05) is 31.9 Å². The lowest BCUT2D eigenvalue weighted by atomic mass is 10.2. The van der Waals surface area contributed by atoms with Crippen LogP contribution in [0.3, 0.4) is 0 Å². The molecule has 1 saturated heterocycles. The van der Waals surface area contributed by atoms with Gasteiger partial charge in [-0.15, -0.1) is 0 Å². The standard InChI is InChI=1S/C18H24N4O2/c1-13-5-6-15-16(20-13)11-14(12-19-15)21-7-9-22(10-8-21)17(23)24-18(2,3)4/h5-6,11-12H,7-10H2,1-4H3. The molecule has 24 heavy (non-hydrogen) atoms. The zero-order valence-corrected chi connectivity index (χ0v) is 14.7. The zero-order chi connectivity index (χ0) is 17.3. The van der Waals surface area contributed by atoms with Gasteiger partial charge >= 0.3 is 6.09 Å². The van der Waals surface area contributed by atoms with Crippen LogP contribution in [-0.2, 0) is 4.74 Å². The maximum Gasteiger partial charge on any atom is 0.410 e. The van der Waals surface area contributed by atoms with Crippen molar-refractivity contribution in [2.45, 2.75) is 33.3 Å². The van der Waals surface area contributed by atoms with E-state index in [-0.39, 0.29) is 6.09 Å². The fraction of sp³-hybridized carbons (Fsp3) is 0.500. The second-order valence-corrected chi connectivity index (χ2v) is 7.14. The summed E-state index contributed by atoms with van der Waals surface area (Å²) >= 11 is 0. The summed E-state index contributed by atoms with van der Waals surface area (Å²) in [5.41, 5.74) is 3.37. The van der Waals surface area contributed by atoms with E-state index >= 15 is 0 Å². The second-order valence-electron chi connectivity index (χ2n) is 7.14.